The minimum Gasteiger partial charge on any atom is -0.294 e. The van der Waals surface area contributed by atoms with Gasteiger partial charge in [0.25, 0.3) is 0 Å². The van der Waals surface area contributed by atoms with Crippen molar-refractivity contribution in [3.05, 3.63) is 0 Å². The third-order valence-electron chi connectivity index (χ3n) is 2.47. The van der Waals surface area contributed by atoms with Crippen LogP contribution in [0.5, 0.6) is 0 Å². The van der Waals surface area contributed by atoms with E-state index in [1.807, 2.05) is 18.7 Å². The molecular formula is C9H18N2OS. The number of amides is 1. The highest BCUT2D eigenvalue weighted by molar-refractivity contribution is 7.99. The van der Waals surface area contributed by atoms with Crippen LogP contribution in [0.25, 0.3) is 0 Å². The predicted octanol–water partition coefficient (Wildman–Crippen LogP) is 1.29. The van der Waals surface area contributed by atoms with Crippen LogP contribution in [0.4, 0.5) is 0 Å². The molecule has 0 aromatic rings. The largest absolute Gasteiger partial charge is 0.294 e. The molecule has 0 aromatic heterocycles. The lowest BCUT2D eigenvalue weighted by Gasteiger charge is -2.12. The zero-order valence-electron chi connectivity index (χ0n) is 8.08. The summed E-state index contributed by atoms with van der Waals surface area (Å²) >= 11 is 1.92. The van der Waals surface area contributed by atoms with Gasteiger partial charge in [0, 0.05) is 16.9 Å². The van der Waals surface area contributed by atoms with E-state index >= 15 is 0 Å². The lowest BCUT2D eigenvalue weighted by Crippen LogP contribution is -2.35. The molecule has 1 saturated carbocycles. The summed E-state index contributed by atoms with van der Waals surface area (Å²) in [4.78, 5) is 11.1. The maximum Gasteiger partial charge on any atom is 0.237 e. The SMILES string of the molecule is CC(CSC1CCCC1)C(=O)NN. The normalized spacial score (nSPS) is 20.2. The number of hydrogen-bond donors (Lipinski definition) is 2. The average molecular weight is 202 g/mol. The monoisotopic (exact) mass is 202 g/mol. The Balaban J connectivity index is 2.13. The lowest BCUT2D eigenvalue weighted by atomic mass is 10.2. The number of nitrogens with one attached hydrogen (secondary N) is 1. The smallest absolute Gasteiger partial charge is 0.237 e. The Labute approximate surface area is 83.8 Å². The first-order chi connectivity index (χ1) is 6.24. The summed E-state index contributed by atoms with van der Waals surface area (Å²) in [6.07, 6.45) is 5.35. The van der Waals surface area contributed by atoms with Gasteiger partial charge in [0.1, 0.15) is 0 Å². The van der Waals surface area contributed by atoms with Gasteiger partial charge in [0.15, 0.2) is 0 Å². The van der Waals surface area contributed by atoms with Crippen LogP contribution in [0.15, 0.2) is 0 Å². The van der Waals surface area contributed by atoms with Crippen molar-refractivity contribution in [1.82, 2.24) is 5.43 Å². The summed E-state index contributed by atoms with van der Waals surface area (Å²) < 4.78 is 0. The Morgan fingerprint density at radius 2 is 2.23 bits per heavy atom. The number of carbonyl (C=O) groups is 1. The summed E-state index contributed by atoms with van der Waals surface area (Å²) in [7, 11) is 0. The Bertz CT molecular complexity index is 169. The van der Waals surface area contributed by atoms with Crippen molar-refractivity contribution in [2.24, 2.45) is 11.8 Å². The zero-order chi connectivity index (χ0) is 9.68. The number of carbonyl (C=O) groups excluding carboxylic acids is 1. The highest BCUT2D eigenvalue weighted by Gasteiger charge is 2.18. The first-order valence-corrected chi connectivity index (χ1v) is 5.91. The first-order valence-electron chi connectivity index (χ1n) is 4.86. The van der Waals surface area contributed by atoms with E-state index in [1.165, 1.54) is 25.7 Å². The van der Waals surface area contributed by atoms with Crippen molar-refractivity contribution in [2.75, 3.05) is 5.75 Å². The molecule has 0 saturated heterocycles. The van der Waals surface area contributed by atoms with E-state index in [0.717, 1.165) is 11.0 Å². The molecule has 1 rings (SSSR count). The predicted molar refractivity (Wildman–Crippen MR) is 56.2 cm³/mol. The van der Waals surface area contributed by atoms with Gasteiger partial charge >= 0.3 is 0 Å². The standard InChI is InChI=1S/C9H18N2OS/c1-7(9(12)11-10)6-13-8-4-2-3-5-8/h7-8H,2-6,10H2,1H3,(H,11,12). The Morgan fingerprint density at radius 3 is 2.77 bits per heavy atom. The molecule has 0 aliphatic heterocycles. The molecule has 76 valence electrons. The lowest BCUT2D eigenvalue weighted by molar-refractivity contribution is -0.123. The van der Waals surface area contributed by atoms with Gasteiger partial charge in [0.2, 0.25) is 5.91 Å². The number of thioether (sulfide) groups is 1. The second kappa shape index (κ2) is 5.50. The number of rotatable bonds is 4. The number of nitrogens with two attached hydrogens (primary N) is 1. The van der Waals surface area contributed by atoms with Gasteiger partial charge in [-0.25, -0.2) is 5.84 Å². The number of hydrazine groups is 1. The summed E-state index contributed by atoms with van der Waals surface area (Å²) in [5.74, 6) is 5.93. The fourth-order valence-corrected chi connectivity index (χ4v) is 2.93. The maximum atomic E-state index is 11.1. The fourth-order valence-electron chi connectivity index (χ4n) is 1.55. The minimum absolute atomic E-state index is 0.0376. The molecule has 0 bridgehead atoms. The first kappa shape index (κ1) is 10.9. The van der Waals surface area contributed by atoms with E-state index in [4.69, 9.17) is 5.84 Å². The highest BCUT2D eigenvalue weighted by Crippen LogP contribution is 2.30. The van der Waals surface area contributed by atoms with Crippen LogP contribution < -0.4 is 11.3 Å². The molecule has 3 nitrogen and oxygen atoms in total. The molecule has 0 spiro atoms. The van der Waals surface area contributed by atoms with Crippen molar-refractivity contribution in [1.29, 1.82) is 0 Å². The maximum absolute atomic E-state index is 11.1. The van der Waals surface area contributed by atoms with Gasteiger partial charge in [-0.1, -0.05) is 19.8 Å². The van der Waals surface area contributed by atoms with Crippen molar-refractivity contribution >= 4 is 17.7 Å². The van der Waals surface area contributed by atoms with Gasteiger partial charge < -0.3 is 0 Å². The van der Waals surface area contributed by atoms with E-state index in [1.54, 1.807) is 0 Å². The molecule has 0 heterocycles. The van der Waals surface area contributed by atoms with Crippen molar-refractivity contribution in [3.63, 3.8) is 0 Å². The van der Waals surface area contributed by atoms with E-state index in [-0.39, 0.29) is 11.8 Å². The molecule has 1 atom stereocenters. The van der Waals surface area contributed by atoms with Crippen LogP contribution in [-0.2, 0) is 4.79 Å². The van der Waals surface area contributed by atoms with Crippen LogP contribution in [-0.4, -0.2) is 16.9 Å². The zero-order valence-corrected chi connectivity index (χ0v) is 8.90. The van der Waals surface area contributed by atoms with Crippen molar-refractivity contribution < 1.29 is 4.79 Å². The minimum atomic E-state index is -0.0505. The molecule has 4 heteroatoms. The van der Waals surface area contributed by atoms with Gasteiger partial charge in [-0.3, -0.25) is 10.2 Å². The molecule has 1 fully saturated rings. The van der Waals surface area contributed by atoms with Gasteiger partial charge in [-0.15, -0.1) is 0 Å². The molecule has 13 heavy (non-hydrogen) atoms. The van der Waals surface area contributed by atoms with Crippen LogP contribution in [0.3, 0.4) is 0 Å². The molecular weight excluding hydrogens is 184 g/mol. The molecule has 1 aliphatic carbocycles. The molecule has 1 amide bonds. The second-order valence-electron chi connectivity index (χ2n) is 3.65. The molecule has 0 aromatic carbocycles. The van der Waals surface area contributed by atoms with E-state index in [2.05, 4.69) is 5.43 Å². The summed E-state index contributed by atoms with van der Waals surface area (Å²) in [6, 6.07) is 0. The summed E-state index contributed by atoms with van der Waals surface area (Å²) in [5, 5.41) is 0.785. The quantitative estimate of drug-likeness (QED) is 0.410. The topological polar surface area (TPSA) is 55.1 Å². The molecule has 0 radical (unpaired) electrons. The Hall–Kier alpha value is -0.220. The van der Waals surface area contributed by atoms with Gasteiger partial charge in [0.05, 0.1) is 0 Å². The van der Waals surface area contributed by atoms with E-state index in [9.17, 15) is 4.79 Å². The Morgan fingerprint density at radius 1 is 1.62 bits per heavy atom. The van der Waals surface area contributed by atoms with Crippen molar-refractivity contribution in [3.8, 4) is 0 Å². The third-order valence-corrected chi connectivity index (χ3v) is 4.11. The molecule has 1 aliphatic rings. The highest BCUT2D eigenvalue weighted by atomic mass is 32.2. The van der Waals surface area contributed by atoms with Crippen LogP contribution in [0.2, 0.25) is 0 Å². The average Bonchev–Trinajstić information content (AvgIpc) is 2.65. The molecule has 1 unspecified atom stereocenters. The summed E-state index contributed by atoms with van der Waals surface area (Å²) in [6.45, 7) is 1.92. The van der Waals surface area contributed by atoms with Crippen LogP contribution in [0, 0.1) is 5.92 Å². The van der Waals surface area contributed by atoms with Gasteiger partial charge in [-0.05, 0) is 12.8 Å². The van der Waals surface area contributed by atoms with Crippen molar-refractivity contribution in [2.45, 2.75) is 37.9 Å². The van der Waals surface area contributed by atoms with Gasteiger partial charge in [-0.2, -0.15) is 11.8 Å². The third kappa shape index (κ3) is 3.56. The molecule has 3 N–H and O–H groups in total. The fraction of sp³-hybridized carbons (Fsp3) is 0.889. The van der Waals surface area contributed by atoms with Crippen LogP contribution in [0.1, 0.15) is 32.6 Å². The Kier molecular flexibility index (Phi) is 4.59. The summed E-state index contributed by atoms with van der Waals surface area (Å²) in [5.41, 5.74) is 2.19. The van der Waals surface area contributed by atoms with E-state index in [0.29, 0.717) is 0 Å². The van der Waals surface area contributed by atoms with E-state index < -0.39 is 0 Å². The second-order valence-corrected chi connectivity index (χ2v) is 4.98. The van der Waals surface area contributed by atoms with Crippen LogP contribution >= 0.6 is 11.8 Å². The number of hydrogen-bond acceptors (Lipinski definition) is 3.